The Morgan fingerprint density at radius 1 is 0.842 bits per heavy atom. The Bertz CT molecular complexity index is 632. The second kappa shape index (κ2) is 4.40. The third-order valence-corrected chi connectivity index (χ3v) is 3.13. The van der Waals surface area contributed by atoms with Crippen LogP contribution in [0.2, 0.25) is 5.02 Å². The first-order valence-corrected chi connectivity index (χ1v) is 6.04. The number of carbonyl (C=O) groups is 2. The Morgan fingerprint density at radius 3 is 1.89 bits per heavy atom. The minimum Gasteiger partial charge on any atom is -0.288 e. The number of carbonyl (C=O) groups excluding carboxylic acids is 2. The lowest BCUT2D eigenvalue weighted by Crippen LogP contribution is -2.35. The van der Waals surface area contributed by atoms with Crippen molar-refractivity contribution in [1.29, 1.82) is 0 Å². The number of imide groups is 1. The molecule has 19 heavy (non-hydrogen) atoms. The maximum Gasteiger partial charge on any atom is 0.280 e. The molecule has 0 radical (unpaired) electrons. The second-order valence-electron chi connectivity index (χ2n) is 4.11. The number of amides is 2. The highest BCUT2D eigenvalue weighted by atomic mass is 35.5. The van der Waals surface area contributed by atoms with Gasteiger partial charge in [-0.05, 0) is 36.4 Å². The normalized spacial score (nSPS) is 13.6. The zero-order valence-corrected chi connectivity index (χ0v) is 10.5. The summed E-state index contributed by atoms with van der Waals surface area (Å²) in [6.45, 7) is 0. The summed E-state index contributed by atoms with van der Waals surface area (Å²) in [4.78, 5) is 24.2. The number of nitrogens with zero attached hydrogens (tertiary/aromatic N) is 1. The van der Waals surface area contributed by atoms with Crippen LogP contribution in [-0.4, -0.2) is 16.8 Å². The van der Waals surface area contributed by atoms with Crippen molar-refractivity contribution in [1.82, 2.24) is 5.01 Å². The van der Waals surface area contributed by atoms with Gasteiger partial charge in [-0.15, -0.1) is 0 Å². The van der Waals surface area contributed by atoms with Gasteiger partial charge in [0.25, 0.3) is 11.8 Å². The predicted octanol–water partition coefficient (Wildman–Crippen LogP) is 2.96. The van der Waals surface area contributed by atoms with Gasteiger partial charge in [0.05, 0.1) is 16.8 Å². The molecule has 94 valence electrons. The standard InChI is InChI=1S/C14H9ClN2O2/c15-9-5-7-10(8-6-9)16-17-13(18)11-3-1-2-4-12(11)14(17)19/h1-8,16H. The van der Waals surface area contributed by atoms with Crippen LogP contribution in [0.5, 0.6) is 0 Å². The van der Waals surface area contributed by atoms with E-state index in [2.05, 4.69) is 5.43 Å². The molecular weight excluding hydrogens is 264 g/mol. The topological polar surface area (TPSA) is 49.4 Å². The van der Waals surface area contributed by atoms with Crippen molar-refractivity contribution in [2.45, 2.75) is 0 Å². The number of benzene rings is 2. The first-order valence-electron chi connectivity index (χ1n) is 5.67. The fourth-order valence-corrected chi connectivity index (χ4v) is 2.07. The smallest absolute Gasteiger partial charge is 0.280 e. The fraction of sp³-hybridized carbons (Fsp3) is 0. The molecule has 2 amide bonds. The first kappa shape index (κ1) is 11.7. The van der Waals surface area contributed by atoms with Crippen LogP contribution in [0, 0.1) is 0 Å². The van der Waals surface area contributed by atoms with E-state index in [0.717, 1.165) is 5.01 Å². The molecule has 0 atom stereocenters. The SMILES string of the molecule is O=C1c2ccccc2C(=O)N1Nc1ccc(Cl)cc1. The summed E-state index contributed by atoms with van der Waals surface area (Å²) in [7, 11) is 0. The average Bonchev–Trinajstić information content (AvgIpc) is 2.67. The number of hydrogen-bond donors (Lipinski definition) is 1. The molecule has 2 aromatic rings. The van der Waals surface area contributed by atoms with Crippen LogP contribution in [0.15, 0.2) is 48.5 Å². The van der Waals surface area contributed by atoms with Crippen LogP contribution in [-0.2, 0) is 0 Å². The number of hydrogen-bond acceptors (Lipinski definition) is 3. The number of nitrogens with one attached hydrogen (secondary N) is 1. The molecule has 1 N–H and O–H groups in total. The van der Waals surface area contributed by atoms with Gasteiger partial charge < -0.3 is 0 Å². The van der Waals surface area contributed by atoms with E-state index in [1.807, 2.05) is 0 Å². The van der Waals surface area contributed by atoms with Crippen LogP contribution < -0.4 is 5.43 Å². The fourth-order valence-electron chi connectivity index (χ4n) is 1.94. The number of hydrazine groups is 1. The Morgan fingerprint density at radius 2 is 1.37 bits per heavy atom. The molecule has 0 aliphatic carbocycles. The van der Waals surface area contributed by atoms with Crippen molar-refractivity contribution >= 4 is 29.1 Å². The second-order valence-corrected chi connectivity index (χ2v) is 4.55. The van der Waals surface area contributed by atoms with E-state index in [-0.39, 0.29) is 11.8 Å². The van der Waals surface area contributed by atoms with E-state index < -0.39 is 0 Å². The molecule has 1 aliphatic heterocycles. The lowest BCUT2D eigenvalue weighted by Gasteiger charge is -2.16. The summed E-state index contributed by atoms with van der Waals surface area (Å²) >= 11 is 5.78. The quantitative estimate of drug-likeness (QED) is 0.855. The van der Waals surface area contributed by atoms with Crippen molar-refractivity contribution < 1.29 is 9.59 Å². The average molecular weight is 273 g/mol. The molecule has 0 aromatic heterocycles. The van der Waals surface area contributed by atoms with E-state index >= 15 is 0 Å². The molecule has 0 saturated carbocycles. The molecule has 3 rings (SSSR count). The van der Waals surface area contributed by atoms with Gasteiger partial charge in [0.15, 0.2) is 0 Å². The lowest BCUT2D eigenvalue weighted by atomic mass is 10.1. The Kier molecular flexibility index (Phi) is 2.72. The van der Waals surface area contributed by atoms with Crippen LogP contribution in [0.1, 0.15) is 20.7 Å². The third-order valence-electron chi connectivity index (χ3n) is 2.88. The molecule has 4 nitrogen and oxygen atoms in total. The molecule has 0 spiro atoms. The monoisotopic (exact) mass is 272 g/mol. The van der Waals surface area contributed by atoms with E-state index in [9.17, 15) is 9.59 Å². The molecule has 0 saturated heterocycles. The number of halogens is 1. The first-order chi connectivity index (χ1) is 9.16. The Hall–Kier alpha value is -2.33. The summed E-state index contributed by atoms with van der Waals surface area (Å²) in [6.07, 6.45) is 0. The van der Waals surface area contributed by atoms with Gasteiger partial charge in [0.1, 0.15) is 0 Å². The largest absolute Gasteiger partial charge is 0.288 e. The minimum atomic E-state index is -0.351. The Labute approximate surface area is 114 Å². The number of anilines is 1. The zero-order valence-electron chi connectivity index (χ0n) is 9.76. The van der Waals surface area contributed by atoms with Crippen LogP contribution in [0.4, 0.5) is 5.69 Å². The summed E-state index contributed by atoms with van der Waals surface area (Å²) in [5.74, 6) is -0.703. The summed E-state index contributed by atoms with van der Waals surface area (Å²) in [6, 6.07) is 13.5. The van der Waals surface area contributed by atoms with Gasteiger partial charge in [0.2, 0.25) is 0 Å². The highest BCUT2D eigenvalue weighted by Gasteiger charge is 2.35. The van der Waals surface area contributed by atoms with E-state index in [1.165, 1.54) is 0 Å². The van der Waals surface area contributed by atoms with Gasteiger partial charge in [-0.1, -0.05) is 23.7 Å². The van der Waals surface area contributed by atoms with Gasteiger partial charge >= 0.3 is 0 Å². The van der Waals surface area contributed by atoms with Crippen molar-refractivity contribution in [2.75, 3.05) is 5.43 Å². The third kappa shape index (κ3) is 1.96. The van der Waals surface area contributed by atoms with E-state index in [4.69, 9.17) is 11.6 Å². The van der Waals surface area contributed by atoms with Gasteiger partial charge in [-0.3, -0.25) is 15.0 Å². The summed E-state index contributed by atoms with van der Waals surface area (Å²) in [5.41, 5.74) is 4.24. The van der Waals surface area contributed by atoms with Crippen LogP contribution >= 0.6 is 11.6 Å². The zero-order chi connectivity index (χ0) is 13.4. The van der Waals surface area contributed by atoms with Crippen molar-refractivity contribution in [3.05, 3.63) is 64.7 Å². The Balaban J connectivity index is 1.90. The number of rotatable bonds is 2. The molecular formula is C14H9ClN2O2. The minimum absolute atomic E-state index is 0.351. The lowest BCUT2D eigenvalue weighted by molar-refractivity contribution is 0.0691. The maximum atomic E-state index is 12.1. The summed E-state index contributed by atoms with van der Waals surface area (Å²) in [5, 5.41) is 1.60. The van der Waals surface area contributed by atoms with Gasteiger partial charge in [-0.2, -0.15) is 5.01 Å². The van der Waals surface area contributed by atoms with E-state index in [0.29, 0.717) is 21.8 Å². The molecule has 0 bridgehead atoms. The maximum absolute atomic E-state index is 12.1. The van der Waals surface area contributed by atoms with Crippen molar-refractivity contribution in [3.63, 3.8) is 0 Å². The van der Waals surface area contributed by atoms with Crippen molar-refractivity contribution in [3.8, 4) is 0 Å². The predicted molar refractivity (Wildman–Crippen MR) is 72.0 cm³/mol. The molecule has 1 aliphatic rings. The van der Waals surface area contributed by atoms with Gasteiger partial charge in [-0.25, -0.2) is 0 Å². The molecule has 0 fully saturated rings. The van der Waals surface area contributed by atoms with E-state index in [1.54, 1.807) is 48.5 Å². The number of fused-ring (bicyclic) bond motifs is 1. The van der Waals surface area contributed by atoms with Crippen molar-refractivity contribution in [2.24, 2.45) is 0 Å². The highest BCUT2D eigenvalue weighted by Crippen LogP contribution is 2.23. The molecule has 5 heteroatoms. The summed E-state index contributed by atoms with van der Waals surface area (Å²) < 4.78 is 0. The van der Waals surface area contributed by atoms with Gasteiger partial charge in [0, 0.05) is 5.02 Å². The van der Waals surface area contributed by atoms with Crippen LogP contribution in [0.25, 0.3) is 0 Å². The molecule has 2 aromatic carbocycles. The van der Waals surface area contributed by atoms with Crippen LogP contribution in [0.3, 0.4) is 0 Å². The highest BCUT2D eigenvalue weighted by molar-refractivity contribution is 6.30. The molecule has 1 heterocycles. The molecule has 0 unspecified atom stereocenters.